The first-order chi connectivity index (χ1) is 8.65. The van der Waals surface area contributed by atoms with Crippen LogP contribution in [-0.2, 0) is 4.79 Å². The average molecular weight is 254 g/mol. The van der Waals surface area contributed by atoms with Gasteiger partial charge < -0.3 is 10.0 Å². The van der Waals surface area contributed by atoms with Crippen molar-refractivity contribution < 1.29 is 9.90 Å². The van der Waals surface area contributed by atoms with Gasteiger partial charge in [0.05, 0.1) is 6.61 Å². The lowest BCUT2D eigenvalue weighted by Gasteiger charge is -2.45. The van der Waals surface area contributed by atoms with E-state index in [9.17, 15) is 9.90 Å². The second-order valence-electron chi connectivity index (χ2n) is 5.85. The van der Waals surface area contributed by atoms with Crippen molar-refractivity contribution in [1.29, 1.82) is 0 Å². The summed E-state index contributed by atoms with van der Waals surface area (Å²) >= 11 is 0. The van der Waals surface area contributed by atoms with Crippen LogP contribution in [0.15, 0.2) is 0 Å². The van der Waals surface area contributed by atoms with Gasteiger partial charge in [-0.2, -0.15) is 0 Å². The molecule has 1 saturated heterocycles. The topological polar surface area (TPSA) is 43.8 Å². The third-order valence-corrected chi connectivity index (χ3v) is 4.65. The average Bonchev–Trinajstić information content (AvgIpc) is 2.63. The van der Waals surface area contributed by atoms with E-state index in [2.05, 4.69) is 11.8 Å². The molecule has 2 fully saturated rings. The van der Waals surface area contributed by atoms with Crippen molar-refractivity contribution in [3.05, 3.63) is 0 Å². The normalized spacial score (nSPS) is 32.6. The number of rotatable bonds is 2. The molecule has 1 aliphatic carbocycles. The fraction of sp³-hybridized carbons (Fsp3) is 0.929. The van der Waals surface area contributed by atoms with Crippen molar-refractivity contribution in [1.82, 2.24) is 9.80 Å². The molecule has 2 rings (SSSR count). The summed E-state index contributed by atoms with van der Waals surface area (Å²) in [6.07, 6.45) is 7.36. The van der Waals surface area contributed by atoms with Crippen LogP contribution in [0, 0.1) is 0 Å². The van der Waals surface area contributed by atoms with Gasteiger partial charge in [-0.3, -0.25) is 9.69 Å². The summed E-state index contributed by atoms with van der Waals surface area (Å²) in [6.45, 7) is 2.89. The zero-order chi connectivity index (χ0) is 13.1. The molecule has 1 saturated carbocycles. The maximum absolute atomic E-state index is 12.4. The van der Waals surface area contributed by atoms with E-state index in [1.54, 1.807) is 0 Å². The second-order valence-corrected chi connectivity index (χ2v) is 5.85. The molecule has 0 aromatic heterocycles. The number of hydrogen-bond acceptors (Lipinski definition) is 3. The van der Waals surface area contributed by atoms with E-state index in [0.717, 1.165) is 19.4 Å². The van der Waals surface area contributed by atoms with Crippen molar-refractivity contribution in [3.8, 4) is 0 Å². The van der Waals surface area contributed by atoms with Crippen LogP contribution in [0.3, 0.4) is 0 Å². The minimum atomic E-state index is -0.336. The molecule has 0 aromatic rings. The Balaban J connectivity index is 2.08. The molecule has 1 amide bonds. The Morgan fingerprint density at radius 3 is 2.39 bits per heavy atom. The summed E-state index contributed by atoms with van der Waals surface area (Å²) in [6, 6.07) is 0.408. The number of hydrogen-bond donors (Lipinski definition) is 1. The van der Waals surface area contributed by atoms with E-state index in [0.29, 0.717) is 12.1 Å². The maximum atomic E-state index is 12.4. The van der Waals surface area contributed by atoms with Crippen LogP contribution in [0.25, 0.3) is 0 Å². The Labute approximate surface area is 110 Å². The van der Waals surface area contributed by atoms with Crippen LogP contribution in [0.2, 0.25) is 0 Å². The third-order valence-electron chi connectivity index (χ3n) is 4.65. The highest BCUT2D eigenvalue weighted by Crippen LogP contribution is 2.26. The van der Waals surface area contributed by atoms with Crippen molar-refractivity contribution in [2.24, 2.45) is 0 Å². The summed E-state index contributed by atoms with van der Waals surface area (Å²) in [5.41, 5.74) is 0. The minimum Gasteiger partial charge on any atom is -0.394 e. The van der Waals surface area contributed by atoms with Gasteiger partial charge in [-0.25, -0.2) is 0 Å². The van der Waals surface area contributed by atoms with Crippen LogP contribution >= 0.6 is 0 Å². The predicted molar refractivity (Wildman–Crippen MR) is 71.3 cm³/mol. The monoisotopic (exact) mass is 254 g/mol. The van der Waals surface area contributed by atoms with Crippen LogP contribution in [0.5, 0.6) is 0 Å². The lowest BCUT2D eigenvalue weighted by atomic mass is 10.0. The van der Waals surface area contributed by atoms with E-state index in [1.165, 1.54) is 25.7 Å². The van der Waals surface area contributed by atoms with Gasteiger partial charge in [-0.15, -0.1) is 0 Å². The summed E-state index contributed by atoms with van der Waals surface area (Å²) < 4.78 is 0. The van der Waals surface area contributed by atoms with E-state index in [1.807, 2.05) is 11.9 Å². The quantitative estimate of drug-likeness (QED) is 0.754. The third kappa shape index (κ3) is 2.69. The first-order valence-corrected chi connectivity index (χ1v) is 7.28. The van der Waals surface area contributed by atoms with E-state index < -0.39 is 0 Å². The smallest absolute Gasteiger partial charge is 0.242 e. The number of nitrogens with zero attached hydrogens (tertiary/aromatic N) is 2. The Morgan fingerprint density at radius 2 is 1.83 bits per heavy atom. The molecule has 104 valence electrons. The largest absolute Gasteiger partial charge is 0.394 e. The van der Waals surface area contributed by atoms with Crippen molar-refractivity contribution in [2.75, 3.05) is 20.2 Å². The van der Waals surface area contributed by atoms with Gasteiger partial charge in [-0.1, -0.05) is 25.7 Å². The van der Waals surface area contributed by atoms with Crippen molar-refractivity contribution in [3.63, 3.8) is 0 Å². The van der Waals surface area contributed by atoms with Gasteiger partial charge in [0.15, 0.2) is 0 Å². The fourth-order valence-electron chi connectivity index (χ4n) is 3.28. The molecule has 1 aliphatic heterocycles. The van der Waals surface area contributed by atoms with E-state index >= 15 is 0 Å². The number of carbonyl (C=O) groups excluding carboxylic acids is 1. The first-order valence-electron chi connectivity index (χ1n) is 7.28. The van der Waals surface area contributed by atoms with Gasteiger partial charge in [0.25, 0.3) is 0 Å². The zero-order valence-electron chi connectivity index (χ0n) is 11.6. The molecule has 0 bridgehead atoms. The number of aliphatic hydroxyl groups is 1. The predicted octanol–water partition coefficient (Wildman–Crippen LogP) is 1.23. The van der Waals surface area contributed by atoms with Crippen LogP contribution < -0.4 is 0 Å². The van der Waals surface area contributed by atoms with Crippen LogP contribution in [0.1, 0.15) is 45.4 Å². The van der Waals surface area contributed by atoms with Gasteiger partial charge in [-0.05, 0) is 26.8 Å². The standard InChI is InChI=1S/C14H26N2O2/c1-11-9-16(12-7-5-3-4-6-8-12)14(18)13(10-17)15(11)2/h11-13,17H,3-10H2,1-2H3. The SMILES string of the molecule is CC1CN(C2CCCCCC2)C(=O)C(CO)N1C. The second kappa shape index (κ2) is 6.02. The van der Waals surface area contributed by atoms with Crippen LogP contribution in [0.4, 0.5) is 0 Å². The molecule has 1 N–H and O–H groups in total. The lowest BCUT2D eigenvalue weighted by Crippen LogP contribution is -2.63. The maximum Gasteiger partial charge on any atom is 0.242 e. The molecule has 2 unspecified atom stereocenters. The first kappa shape index (κ1) is 13.8. The van der Waals surface area contributed by atoms with E-state index in [-0.39, 0.29) is 18.6 Å². The van der Waals surface area contributed by atoms with Crippen molar-refractivity contribution >= 4 is 5.91 Å². The van der Waals surface area contributed by atoms with Crippen LogP contribution in [-0.4, -0.2) is 59.1 Å². The molecule has 4 nitrogen and oxygen atoms in total. The Bertz CT molecular complexity index is 288. The Kier molecular flexibility index (Phi) is 4.62. The highest BCUT2D eigenvalue weighted by Gasteiger charge is 2.39. The van der Waals surface area contributed by atoms with Gasteiger partial charge in [0.1, 0.15) is 6.04 Å². The number of aliphatic hydroxyl groups excluding tert-OH is 1. The molecular weight excluding hydrogens is 228 g/mol. The highest BCUT2D eigenvalue weighted by molar-refractivity contribution is 5.83. The molecule has 2 aliphatic rings. The minimum absolute atomic E-state index is 0.0666. The molecule has 0 aromatic carbocycles. The highest BCUT2D eigenvalue weighted by atomic mass is 16.3. The molecule has 2 atom stereocenters. The molecule has 4 heteroatoms. The fourth-order valence-corrected chi connectivity index (χ4v) is 3.28. The number of likely N-dealkylation sites (N-methyl/N-ethyl adjacent to an activating group) is 1. The summed E-state index contributed by atoms with van der Waals surface area (Å²) in [5, 5.41) is 9.43. The summed E-state index contributed by atoms with van der Waals surface area (Å²) in [7, 11) is 1.94. The van der Waals surface area contributed by atoms with Gasteiger partial charge in [0, 0.05) is 18.6 Å². The molecular formula is C14H26N2O2. The molecule has 1 heterocycles. The summed E-state index contributed by atoms with van der Waals surface area (Å²) in [5.74, 6) is 0.130. The number of piperazine rings is 1. The zero-order valence-corrected chi connectivity index (χ0v) is 11.6. The number of carbonyl (C=O) groups is 1. The molecule has 0 radical (unpaired) electrons. The Morgan fingerprint density at radius 1 is 1.22 bits per heavy atom. The lowest BCUT2D eigenvalue weighted by molar-refractivity contribution is -0.148. The molecule has 0 spiro atoms. The number of amides is 1. The summed E-state index contributed by atoms with van der Waals surface area (Å²) in [4.78, 5) is 16.5. The van der Waals surface area contributed by atoms with E-state index in [4.69, 9.17) is 0 Å². The van der Waals surface area contributed by atoms with Gasteiger partial charge >= 0.3 is 0 Å². The van der Waals surface area contributed by atoms with Crippen molar-refractivity contribution in [2.45, 2.75) is 63.6 Å². The Hall–Kier alpha value is -0.610. The van der Waals surface area contributed by atoms with Gasteiger partial charge in [0.2, 0.25) is 5.91 Å². The molecule has 18 heavy (non-hydrogen) atoms.